The molecular weight excluding hydrogens is 222 g/mol. The fourth-order valence-corrected chi connectivity index (χ4v) is 2.00. The number of rotatable bonds is 3. The van der Waals surface area contributed by atoms with Gasteiger partial charge in [0.25, 0.3) is 5.69 Å². The van der Waals surface area contributed by atoms with Crippen molar-refractivity contribution in [3.63, 3.8) is 0 Å². The SMILES string of the molecule is CNc1c(N2CCOCC2)cccc1[N+](=O)[O-]. The molecule has 0 unspecified atom stereocenters. The van der Waals surface area contributed by atoms with E-state index in [4.69, 9.17) is 4.74 Å². The number of nitrogens with one attached hydrogen (secondary N) is 1. The lowest BCUT2D eigenvalue weighted by atomic mass is 10.2. The predicted molar refractivity (Wildman–Crippen MR) is 65.7 cm³/mol. The Morgan fingerprint density at radius 2 is 2.12 bits per heavy atom. The van der Waals surface area contributed by atoms with Crippen LogP contribution in [0.3, 0.4) is 0 Å². The molecule has 1 N–H and O–H groups in total. The summed E-state index contributed by atoms with van der Waals surface area (Å²) in [4.78, 5) is 12.7. The number of nitro benzene ring substituents is 1. The minimum absolute atomic E-state index is 0.108. The third-order valence-corrected chi connectivity index (χ3v) is 2.82. The van der Waals surface area contributed by atoms with E-state index in [0.29, 0.717) is 18.9 Å². The maximum Gasteiger partial charge on any atom is 0.294 e. The van der Waals surface area contributed by atoms with E-state index in [-0.39, 0.29) is 10.6 Å². The van der Waals surface area contributed by atoms with Gasteiger partial charge in [0.05, 0.1) is 23.8 Å². The molecule has 6 nitrogen and oxygen atoms in total. The Labute approximate surface area is 99.3 Å². The second-order valence-electron chi connectivity index (χ2n) is 3.78. The first-order chi connectivity index (χ1) is 8.24. The number of morpholine rings is 1. The molecule has 0 bridgehead atoms. The van der Waals surface area contributed by atoms with E-state index in [1.165, 1.54) is 6.07 Å². The standard InChI is InChI=1S/C11H15N3O3/c1-12-11-9(13-5-7-17-8-6-13)3-2-4-10(11)14(15)16/h2-4,12H,5-8H2,1H3. The number of para-hydroxylation sites is 1. The zero-order chi connectivity index (χ0) is 12.3. The molecule has 1 aliphatic heterocycles. The van der Waals surface area contributed by atoms with Crippen LogP contribution in [0.1, 0.15) is 0 Å². The molecule has 6 heteroatoms. The van der Waals surface area contributed by atoms with Gasteiger partial charge in [-0.3, -0.25) is 10.1 Å². The molecule has 0 radical (unpaired) electrons. The molecule has 1 aromatic carbocycles. The Hall–Kier alpha value is -1.82. The third kappa shape index (κ3) is 2.31. The lowest BCUT2D eigenvalue weighted by Gasteiger charge is -2.30. The minimum atomic E-state index is -0.365. The van der Waals surface area contributed by atoms with Gasteiger partial charge in [0.1, 0.15) is 5.69 Å². The first-order valence-corrected chi connectivity index (χ1v) is 5.52. The van der Waals surface area contributed by atoms with Crippen molar-refractivity contribution in [1.82, 2.24) is 0 Å². The van der Waals surface area contributed by atoms with E-state index in [0.717, 1.165) is 18.8 Å². The molecule has 0 amide bonds. The summed E-state index contributed by atoms with van der Waals surface area (Å²) in [5.41, 5.74) is 1.54. The maximum absolute atomic E-state index is 10.9. The Balaban J connectivity index is 2.38. The number of nitro groups is 1. The lowest BCUT2D eigenvalue weighted by molar-refractivity contribution is -0.383. The first-order valence-electron chi connectivity index (χ1n) is 5.52. The molecule has 0 aromatic heterocycles. The average molecular weight is 237 g/mol. The van der Waals surface area contributed by atoms with Crippen LogP contribution in [-0.4, -0.2) is 38.3 Å². The Bertz CT molecular complexity index is 416. The average Bonchev–Trinajstić information content (AvgIpc) is 2.38. The predicted octanol–water partition coefficient (Wildman–Crippen LogP) is 1.47. The molecular formula is C11H15N3O3. The molecule has 1 heterocycles. The van der Waals surface area contributed by atoms with Crippen LogP contribution in [0.25, 0.3) is 0 Å². The van der Waals surface area contributed by atoms with Gasteiger partial charge in [-0.1, -0.05) is 6.07 Å². The van der Waals surface area contributed by atoms with Crippen LogP contribution in [0.15, 0.2) is 18.2 Å². The largest absolute Gasteiger partial charge is 0.381 e. The molecule has 0 atom stereocenters. The van der Waals surface area contributed by atoms with Crippen molar-refractivity contribution < 1.29 is 9.66 Å². The summed E-state index contributed by atoms with van der Waals surface area (Å²) in [5, 5.41) is 13.9. The summed E-state index contributed by atoms with van der Waals surface area (Å²) < 4.78 is 5.28. The van der Waals surface area contributed by atoms with Crippen molar-refractivity contribution in [3.8, 4) is 0 Å². The topological polar surface area (TPSA) is 67.6 Å². The van der Waals surface area contributed by atoms with Crippen molar-refractivity contribution >= 4 is 17.1 Å². The summed E-state index contributed by atoms with van der Waals surface area (Å²) in [6.45, 7) is 2.84. The van der Waals surface area contributed by atoms with Gasteiger partial charge in [0, 0.05) is 26.2 Å². The van der Waals surface area contributed by atoms with Crippen molar-refractivity contribution in [1.29, 1.82) is 0 Å². The summed E-state index contributed by atoms with van der Waals surface area (Å²) >= 11 is 0. The summed E-state index contributed by atoms with van der Waals surface area (Å²) in [5.74, 6) is 0. The maximum atomic E-state index is 10.9. The molecule has 0 aliphatic carbocycles. The van der Waals surface area contributed by atoms with Crippen molar-refractivity contribution in [2.75, 3.05) is 43.6 Å². The van der Waals surface area contributed by atoms with E-state index in [2.05, 4.69) is 10.2 Å². The highest BCUT2D eigenvalue weighted by Gasteiger charge is 2.21. The fraction of sp³-hybridized carbons (Fsp3) is 0.455. The summed E-state index contributed by atoms with van der Waals surface area (Å²) in [7, 11) is 1.70. The highest BCUT2D eigenvalue weighted by molar-refractivity contribution is 5.79. The number of anilines is 2. The molecule has 0 saturated carbocycles. The number of hydrogen-bond acceptors (Lipinski definition) is 5. The summed E-state index contributed by atoms with van der Waals surface area (Å²) in [6, 6.07) is 5.11. The highest BCUT2D eigenvalue weighted by Crippen LogP contribution is 2.34. The van der Waals surface area contributed by atoms with Crippen molar-refractivity contribution in [2.45, 2.75) is 0 Å². The molecule has 1 aliphatic rings. The molecule has 0 spiro atoms. The number of nitrogens with zero attached hydrogens (tertiary/aromatic N) is 2. The molecule has 1 fully saturated rings. The molecule has 2 rings (SSSR count). The van der Waals surface area contributed by atoms with E-state index in [9.17, 15) is 10.1 Å². The van der Waals surface area contributed by atoms with Crippen LogP contribution in [-0.2, 0) is 4.74 Å². The Morgan fingerprint density at radius 3 is 2.71 bits per heavy atom. The quantitative estimate of drug-likeness (QED) is 0.637. The lowest BCUT2D eigenvalue weighted by Crippen LogP contribution is -2.36. The summed E-state index contributed by atoms with van der Waals surface area (Å²) in [6.07, 6.45) is 0. The van der Waals surface area contributed by atoms with Gasteiger partial charge in [0.15, 0.2) is 0 Å². The van der Waals surface area contributed by atoms with Crippen LogP contribution >= 0.6 is 0 Å². The number of hydrogen-bond donors (Lipinski definition) is 1. The number of ether oxygens (including phenoxy) is 1. The first kappa shape index (κ1) is 11.7. The molecule has 1 saturated heterocycles. The zero-order valence-electron chi connectivity index (χ0n) is 9.68. The normalized spacial score (nSPS) is 15.7. The van der Waals surface area contributed by atoms with Crippen LogP contribution in [0, 0.1) is 10.1 Å². The van der Waals surface area contributed by atoms with Gasteiger partial charge in [-0.05, 0) is 6.07 Å². The van der Waals surface area contributed by atoms with E-state index in [1.807, 2.05) is 6.07 Å². The van der Waals surface area contributed by atoms with Crippen LogP contribution < -0.4 is 10.2 Å². The fourth-order valence-electron chi connectivity index (χ4n) is 2.00. The second kappa shape index (κ2) is 5.01. The van der Waals surface area contributed by atoms with Gasteiger partial charge in [-0.25, -0.2) is 0 Å². The molecule has 17 heavy (non-hydrogen) atoms. The monoisotopic (exact) mass is 237 g/mol. The third-order valence-electron chi connectivity index (χ3n) is 2.82. The Kier molecular flexibility index (Phi) is 3.43. The van der Waals surface area contributed by atoms with Gasteiger partial charge < -0.3 is 15.0 Å². The van der Waals surface area contributed by atoms with Crippen molar-refractivity contribution in [3.05, 3.63) is 28.3 Å². The highest BCUT2D eigenvalue weighted by atomic mass is 16.6. The molecule has 92 valence electrons. The van der Waals surface area contributed by atoms with Gasteiger partial charge in [0.2, 0.25) is 0 Å². The van der Waals surface area contributed by atoms with E-state index < -0.39 is 0 Å². The van der Waals surface area contributed by atoms with Crippen LogP contribution in [0.5, 0.6) is 0 Å². The van der Waals surface area contributed by atoms with Crippen LogP contribution in [0.2, 0.25) is 0 Å². The van der Waals surface area contributed by atoms with Crippen molar-refractivity contribution in [2.24, 2.45) is 0 Å². The zero-order valence-corrected chi connectivity index (χ0v) is 9.68. The van der Waals surface area contributed by atoms with Gasteiger partial charge in [-0.15, -0.1) is 0 Å². The Morgan fingerprint density at radius 1 is 1.41 bits per heavy atom. The smallest absolute Gasteiger partial charge is 0.294 e. The molecule has 1 aromatic rings. The number of benzene rings is 1. The van der Waals surface area contributed by atoms with Gasteiger partial charge >= 0.3 is 0 Å². The van der Waals surface area contributed by atoms with E-state index >= 15 is 0 Å². The minimum Gasteiger partial charge on any atom is -0.381 e. The van der Waals surface area contributed by atoms with Crippen LogP contribution in [0.4, 0.5) is 17.1 Å². The van der Waals surface area contributed by atoms with Gasteiger partial charge in [-0.2, -0.15) is 0 Å². The van der Waals surface area contributed by atoms with E-state index in [1.54, 1.807) is 13.1 Å². The second-order valence-corrected chi connectivity index (χ2v) is 3.78.